The molecule has 0 aromatic rings. The van der Waals surface area contributed by atoms with Crippen LogP contribution >= 0.6 is 0 Å². The van der Waals surface area contributed by atoms with E-state index in [1.54, 1.807) is 0 Å². The Bertz CT molecular complexity index is 166. The van der Waals surface area contributed by atoms with Crippen LogP contribution in [-0.4, -0.2) is 91.8 Å². The number of hydrogen-bond donors (Lipinski definition) is 0. The Hall–Kier alpha value is 1.66. The van der Waals surface area contributed by atoms with Gasteiger partial charge in [0.25, 0.3) is 0 Å². The number of rotatable bonds is 0. The third-order valence-corrected chi connectivity index (χ3v) is 0. The quantitative estimate of drug-likeness (QED) is 0.139. The van der Waals surface area contributed by atoms with E-state index >= 15 is 0 Å². The summed E-state index contributed by atoms with van der Waals surface area (Å²) in [5, 5.41) is 14.8. The molecule has 0 amide bonds. The van der Waals surface area contributed by atoms with Crippen molar-refractivity contribution in [3.63, 3.8) is 0 Å². The fourth-order valence-electron chi connectivity index (χ4n) is 0. The van der Waals surface area contributed by atoms with E-state index in [1.165, 1.54) is 0 Å². The average molecular weight is 266 g/mol. The SMILES string of the molecule is O=S(=O)([O-])[O-].O=[N+]([O-])[O-].[Cl-].[Mg+2].[Mg+2].[Mg+2]. The minimum absolute atomic E-state index is 0. The summed E-state index contributed by atoms with van der Waals surface area (Å²) in [4.78, 5) is 8.25. The van der Waals surface area contributed by atoms with Crippen LogP contribution in [0.2, 0.25) is 0 Å². The maximum atomic E-state index is 8.52. The molecule has 0 aliphatic carbocycles. The van der Waals surface area contributed by atoms with Gasteiger partial charge in [0.15, 0.2) is 0 Å². The van der Waals surface area contributed by atoms with E-state index in [0.717, 1.165) is 0 Å². The second-order valence-electron chi connectivity index (χ2n) is 0.632. The van der Waals surface area contributed by atoms with Crippen molar-refractivity contribution in [3.05, 3.63) is 15.3 Å². The van der Waals surface area contributed by atoms with E-state index in [1.807, 2.05) is 0 Å². The van der Waals surface area contributed by atoms with Crippen LogP contribution in [0, 0.1) is 15.3 Å². The molecular weight excluding hydrogens is 266 g/mol. The van der Waals surface area contributed by atoms with Crippen molar-refractivity contribution < 1.29 is 35.0 Å². The molecule has 64 valence electrons. The van der Waals surface area contributed by atoms with Crippen LogP contribution in [0.15, 0.2) is 0 Å². The second-order valence-corrected chi connectivity index (χ2v) is 1.45. The summed E-state index contributed by atoms with van der Waals surface area (Å²) >= 11 is 0. The standard InChI is InChI=1S/ClH.3Mg.NO3.H2O4S/c;;;;2-1(3)4;1-5(2,3)4/h1H;;;;;(H2,1,2,3,4)/q;3*+2;-1;/p-3. The van der Waals surface area contributed by atoms with Gasteiger partial charge in [0.2, 0.25) is 0 Å². The third-order valence-electron chi connectivity index (χ3n) is 0. The summed E-state index contributed by atoms with van der Waals surface area (Å²) in [6.07, 6.45) is 0. The largest absolute Gasteiger partial charge is 2.00 e. The summed E-state index contributed by atoms with van der Waals surface area (Å²) < 4.78 is 34.1. The number of halogens is 1. The molecule has 0 spiro atoms. The first-order chi connectivity index (χ1) is 3.73. The first kappa shape index (κ1) is 36.5. The fraction of sp³-hybridized carbons (Fsp3) is 0. The predicted molar refractivity (Wildman–Crippen MR) is 38.1 cm³/mol. The van der Waals surface area contributed by atoms with Gasteiger partial charge < -0.3 is 36.8 Å². The van der Waals surface area contributed by atoms with Crippen LogP contribution in [0.4, 0.5) is 0 Å². The number of nitrogens with zero attached hydrogens (tertiary/aromatic N) is 1. The first-order valence-electron chi connectivity index (χ1n) is 1.21. The van der Waals surface area contributed by atoms with Crippen molar-refractivity contribution >= 4 is 79.6 Å². The van der Waals surface area contributed by atoms with Gasteiger partial charge in [-0.25, -0.2) is 0 Å². The Morgan fingerprint density at radius 1 is 0.923 bits per heavy atom. The molecule has 0 atom stereocenters. The molecule has 0 fully saturated rings. The smallest absolute Gasteiger partial charge is 1.00 e. The van der Waals surface area contributed by atoms with Crippen LogP contribution in [0.3, 0.4) is 0 Å². The van der Waals surface area contributed by atoms with Gasteiger partial charge in [0.05, 0.1) is 5.09 Å². The van der Waals surface area contributed by atoms with Gasteiger partial charge in [0, 0.05) is 10.4 Å². The molecule has 0 aliphatic rings. The Labute approximate surface area is 128 Å². The van der Waals surface area contributed by atoms with Gasteiger partial charge in [-0.3, -0.25) is 8.42 Å². The van der Waals surface area contributed by atoms with E-state index in [4.69, 9.17) is 32.8 Å². The Morgan fingerprint density at radius 2 is 0.923 bits per heavy atom. The normalized spacial score (nSPS) is 6.31. The summed E-state index contributed by atoms with van der Waals surface area (Å²) in [6.45, 7) is 0. The minimum Gasteiger partial charge on any atom is -1.00 e. The topological polar surface area (TPSA) is 146 Å². The Morgan fingerprint density at radius 3 is 0.923 bits per heavy atom. The molecule has 0 aliphatic heterocycles. The van der Waals surface area contributed by atoms with Crippen LogP contribution in [0.25, 0.3) is 0 Å². The van der Waals surface area contributed by atoms with Crippen molar-refractivity contribution in [2.45, 2.75) is 0 Å². The summed E-state index contributed by atoms with van der Waals surface area (Å²) in [5.74, 6) is 0. The van der Waals surface area contributed by atoms with Gasteiger partial charge >= 0.3 is 69.2 Å². The monoisotopic (exact) mass is 265 g/mol. The molecule has 0 saturated heterocycles. The van der Waals surface area contributed by atoms with Gasteiger partial charge in [-0.1, -0.05) is 0 Å². The molecule has 8 nitrogen and oxygen atoms in total. The maximum absolute atomic E-state index is 8.52. The second kappa shape index (κ2) is 19.3. The first-order valence-corrected chi connectivity index (χ1v) is 2.55. The fourth-order valence-corrected chi connectivity index (χ4v) is 0. The van der Waals surface area contributed by atoms with Gasteiger partial charge in [-0.05, 0) is 0 Å². The molecule has 13 heteroatoms. The molecular formula is ClMg3NO7S+2. The summed E-state index contributed by atoms with van der Waals surface area (Å²) in [5.41, 5.74) is 0. The van der Waals surface area contributed by atoms with Crippen LogP contribution < -0.4 is 12.4 Å². The zero-order valence-corrected chi connectivity index (χ0v) is 12.0. The Balaban J connectivity index is -0.0000000146. The van der Waals surface area contributed by atoms with Crippen LogP contribution in [-0.2, 0) is 10.4 Å². The molecule has 0 saturated carbocycles. The van der Waals surface area contributed by atoms with Crippen molar-refractivity contribution in [1.82, 2.24) is 0 Å². The van der Waals surface area contributed by atoms with Gasteiger partial charge in [0.1, 0.15) is 0 Å². The van der Waals surface area contributed by atoms with E-state index in [2.05, 4.69) is 0 Å². The van der Waals surface area contributed by atoms with Crippen molar-refractivity contribution in [2.24, 2.45) is 0 Å². The van der Waals surface area contributed by atoms with Crippen molar-refractivity contribution in [1.29, 1.82) is 0 Å². The van der Waals surface area contributed by atoms with E-state index in [0.29, 0.717) is 0 Å². The molecule has 0 rings (SSSR count). The molecule has 0 radical (unpaired) electrons. The van der Waals surface area contributed by atoms with E-state index < -0.39 is 15.5 Å². The Kier molecular flexibility index (Phi) is 54.1. The molecule has 0 N–H and O–H groups in total. The molecule has 0 unspecified atom stereocenters. The molecule has 0 aromatic heterocycles. The van der Waals surface area contributed by atoms with Crippen molar-refractivity contribution in [3.8, 4) is 0 Å². The number of hydrogen-bond acceptors (Lipinski definition) is 7. The predicted octanol–water partition coefficient (Wildman–Crippen LogP) is -5.72. The summed E-state index contributed by atoms with van der Waals surface area (Å²) in [6, 6.07) is 0. The average Bonchev–Trinajstić information content (AvgIpc) is 1.19. The molecule has 0 aromatic carbocycles. The van der Waals surface area contributed by atoms with Gasteiger partial charge in [-0.2, -0.15) is 0 Å². The molecule has 0 bridgehead atoms. The summed E-state index contributed by atoms with van der Waals surface area (Å²) in [7, 11) is -5.17. The van der Waals surface area contributed by atoms with Crippen molar-refractivity contribution in [2.75, 3.05) is 0 Å². The van der Waals surface area contributed by atoms with Crippen LogP contribution in [0.5, 0.6) is 0 Å². The zero-order chi connectivity index (χ0) is 8.08. The van der Waals surface area contributed by atoms with Crippen LogP contribution in [0.1, 0.15) is 0 Å². The molecule has 0 heterocycles. The maximum Gasteiger partial charge on any atom is 2.00 e. The third kappa shape index (κ3) is 675. The minimum atomic E-state index is -5.17. The van der Waals surface area contributed by atoms with Gasteiger partial charge in [-0.15, -0.1) is 0 Å². The zero-order valence-electron chi connectivity index (χ0n) is 6.21. The van der Waals surface area contributed by atoms with E-state index in [-0.39, 0.29) is 81.6 Å². The molecule has 13 heavy (non-hydrogen) atoms. The van der Waals surface area contributed by atoms with E-state index in [9.17, 15) is 0 Å².